The Morgan fingerprint density at radius 1 is 0.614 bits per heavy atom. The van der Waals surface area contributed by atoms with Crippen LogP contribution in [0.15, 0.2) is 30.5 Å². The highest BCUT2D eigenvalue weighted by atomic mass is 32.1. The summed E-state index contributed by atoms with van der Waals surface area (Å²) in [6.45, 7) is 3.77. The first-order valence-corrected chi connectivity index (χ1v) is 23.7. The summed E-state index contributed by atoms with van der Waals surface area (Å²) in [6.07, 6.45) is 2.46. The van der Waals surface area contributed by atoms with Gasteiger partial charge in [-0.3, -0.25) is 43.2 Å². The Bertz CT molecular complexity index is 2130. The van der Waals surface area contributed by atoms with Gasteiger partial charge in [0.25, 0.3) is 0 Å². The number of aromatic nitrogens is 1. The van der Waals surface area contributed by atoms with Gasteiger partial charge in [-0.05, 0) is 63.6 Å². The summed E-state index contributed by atoms with van der Waals surface area (Å²) in [6, 6.07) is -5.03. The van der Waals surface area contributed by atoms with Crippen LogP contribution in [-0.2, 0) is 54.4 Å². The summed E-state index contributed by atoms with van der Waals surface area (Å²) in [5.41, 5.74) is 12.5. The molecule has 1 aromatic heterocycles. The topological polar surface area (TPSA) is 407 Å². The SMILES string of the molecule is CC(C)C[C@H](NC(=O)[C@H](CO)NC(=O)[C@H](CO)NC(=O)[C@H](C)NC(=O)[C@H](CCCCN)NC(=O)CNC(=O)[C@H](C)NC(=O)[C@@H](N)CS)C(=O)N[C@@H](Cc1c[nH]c2ccccc12)C(=O)N[C@@H](CS)C(=O)O. The van der Waals surface area contributed by atoms with Gasteiger partial charge in [-0.25, -0.2) is 4.79 Å². The van der Waals surface area contributed by atoms with Gasteiger partial charge in [0, 0.05) is 35.0 Å². The molecule has 390 valence electrons. The van der Waals surface area contributed by atoms with E-state index in [1.807, 2.05) is 0 Å². The molecule has 0 fully saturated rings. The van der Waals surface area contributed by atoms with Crippen LogP contribution in [0.25, 0.3) is 10.9 Å². The van der Waals surface area contributed by atoms with Crippen LogP contribution < -0.4 is 59.3 Å². The summed E-state index contributed by atoms with van der Waals surface area (Å²) in [4.78, 5) is 133. The van der Waals surface area contributed by atoms with Crippen LogP contribution in [0.4, 0.5) is 0 Å². The van der Waals surface area contributed by atoms with Crippen molar-refractivity contribution in [2.24, 2.45) is 17.4 Å². The van der Waals surface area contributed by atoms with Crippen molar-refractivity contribution in [2.75, 3.05) is 37.8 Å². The molecule has 0 saturated carbocycles. The van der Waals surface area contributed by atoms with Crippen molar-refractivity contribution in [3.05, 3.63) is 36.0 Å². The molecule has 27 heteroatoms. The summed E-state index contributed by atoms with van der Waals surface area (Å²) in [7, 11) is 0. The van der Waals surface area contributed by atoms with Crippen molar-refractivity contribution in [2.45, 2.75) is 114 Å². The van der Waals surface area contributed by atoms with Gasteiger partial charge in [-0.1, -0.05) is 32.0 Å². The number of benzene rings is 1. The zero-order chi connectivity index (χ0) is 52.7. The molecule has 0 saturated heterocycles. The monoisotopic (exact) mass is 1020 g/mol. The minimum Gasteiger partial charge on any atom is -0.480 e. The van der Waals surface area contributed by atoms with Crippen molar-refractivity contribution in [3.63, 3.8) is 0 Å². The fourth-order valence-corrected chi connectivity index (χ4v) is 6.98. The second kappa shape index (κ2) is 30.6. The number of amides is 9. The molecular weight excluding hydrogens is 957 g/mol. The number of hydrogen-bond acceptors (Lipinski definition) is 16. The van der Waals surface area contributed by atoms with Crippen molar-refractivity contribution in [1.82, 2.24) is 52.8 Å². The number of rotatable bonds is 31. The Kier molecular flexibility index (Phi) is 26.3. The van der Waals surface area contributed by atoms with E-state index in [-0.39, 0.29) is 43.2 Å². The van der Waals surface area contributed by atoms with Crippen LogP contribution >= 0.6 is 25.3 Å². The smallest absolute Gasteiger partial charge is 0.327 e. The third kappa shape index (κ3) is 19.8. The molecule has 0 radical (unpaired) electrons. The maximum Gasteiger partial charge on any atom is 0.327 e. The number of aliphatic hydroxyl groups excluding tert-OH is 2. The molecule has 0 aliphatic rings. The van der Waals surface area contributed by atoms with E-state index in [4.69, 9.17) is 11.5 Å². The van der Waals surface area contributed by atoms with Gasteiger partial charge in [-0.15, -0.1) is 0 Å². The fraction of sp³-hybridized carbons (Fsp3) is 0.581. The van der Waals surface area contributed by atoms with E-state index in [1.54, 1.807) is 44.3 Å². The average Bonchev–Trinajstić information content (AvgIpc) is 3.73. The molecule has 2 aromatic rings. The number of aromatic amines is 1. The van der Waals surface area contributed by atoms with Gasteiger partial charge in [0.2, 0.25) is 53.2 Å². The molecule has 9 atom stereocenters. The summed E-state index contributed by atoms with van der Waals surface area (Å²) < 4.78 is 0. The summed E-state index contributed by atoms with van der Waals surface area (Å²) in [5, 5.41) is 52.1. The first kappa shape index (κ1) is 60.1. The molecule has 70 heavy (non-hydrogen) atoms. The standard InChI is InChI=1S/C43H68N12O13S2/c1-21(2)13-29(39(63)52-30(40(64)55-33(20-70)43(67)68)14-24-15-46-27-10-6-5-9-25(24)27)51-41(65)32(18-57)54-42(66)31(17-56)53-36(60)23(4)49-38(62)28(11-7-8-12-44)50-34(58)16-47-35(59)22(3)48-37(61)26(45)19-69/h5-6,9-10,15,21-23,26,28-33,46,56-57,69-70H,7-8,11-14,16-20,44-45H2,1-4H3,(H,47,59)(H,48,61)(H,49,62)(H,50,58)(H,51,65)(H,52,63)(H,53,60)(H,54,66)(H,55,64)(H,67,68)/t22-,23-,26-,28-,29-,30-,31-,32-,33-/m0/s1. The Labute approximate surface area is 415 Å². The van der Waals surface area contributed by atoms with Crippen molar-refractivity contribution in [3.8, 4) is 0 Å². The second-order valence-corrected chi connectivity index (χ2v) is 17.5. The molecule has 0 unspecified atom stereocenters. The zero-order valence-electron chi connectivity index (χ0n) is 39.4. The van der Waals surface area contributed by atoms with Gasteiger partial charge >= 0.3 is 5.97 Å². The lowest BCUT2D eigenvalue weighted by Gasteiger charge is -2.27. The normalized spacial score (nSPS) is 15.0. The second-order valence-electron chi connectivity index (χ2n) is 16.8. The number of carbonyl (C=O) groups excluding carboxylic acids is 9. The van der Waals surface area contributed by atoms with E-state index in [2.05, 4.69) is 78.1 Å². The maximum absolute atomic E-state index is 13.9. The van der Waals surface area contributed by atoms with E-state index in [1.165, 1.54) is 13.8 Å². The molecule has 1 aromatic carbocycles. The molecule has 2 rings (SSSR count). The molecule has 1 heterocycles. The van der Waals surface area contributed by atoms with Gasteiger partial charge in [0.15, 0.2) is 0 Å². The predicted octanol–water partition coefficient (Wildman–Crippen LogP) is -4.82. The van der Waals surface area contributed by atoms with E-state index >= 15 is 0 Å². The number of nitrogens with one attached hydrogen (secondary N) is 10. The number of para-hydroxylation sites is 1. The number of carbonyl (C=O) groups is 10. The number of thiol groups is 2. The van der Waals surface area contributed by atoms with Crippen molar-refractivity contribution >= 4 is 95.3 Å². The lowest BCUT2D eigenvalue weighted by molar-refractivity contribution is -0.141. The number of carboxylic acid groups (broad SMARTS) is 1. The number of H-pyrrole nitrogens is 1. The maximum atomic E-state index is 13.9. The molecular formula is C43H68N12O13S2. The first-order valence-electron chi connectivity index (χ1n) is 22.5. The molecule has 0 aliphatic carbocycles. The third-order valence-corrected chi connectivity index (χ3v) is 11.3. The lowest BCUT2D eigenvalue weighted by Crippen LogP contribution is -2.61. The van der Waals surface area contributed by atoms with E-state index in [9.17, 15) is 63.3 Å². The molecule has 0 aliphatic heterocycles. The predicted molar refractivity (Wildman–Crippen MR) is 262 cm³/mol. The highest BCUT2D eigenvalue weighted by Gasteiger charge is 2.34. The quantitative estimate of drug-likeness (QED) is 0.0249. The van der Waals surface area contributed by atoms with Gasteiger partial charge in [0.1, 0.15) is 48.3 Å². The van der Waals surface area contributed by atoms with Gasteiger partial charge < -0.3 is 79.6 Å². The highest BCUT2D eigenvalue weighted by Crippen LogP contribution is 2.20. The molecule has 17 N–H and O–H groups in total. The van der Waals surface area contributed by atoms with Crippen molar-refractivity contribution < 1.29 is 63.3 Å². The zero-order valence-corrected chi connectivity index (χ0v) is 41.2. The minimum atomic E-state index is -1.74. The first-order chi connectivity index (χ1) is 33.1. The van der Waals surface area contributed by atoms with Gasteiger partial charge in [0.05, 0.1) is 25.8 Å². The van der Waals surface area contributed by atoms with Crippen molar-refractivity contribution in [1.29, 1.82) is 0 Å². The van der Waals surface area contributed by atoms with Crippen LogP contribution in [0.5, 0.6) is 0 Å². The highest BCUT2D eigenvalue weighted by molar-refractivity contribution is 7.80. The van der Waals surface area contributed by atoms with E-state index < -0.39 is 133 Å². The van der Waals surface area contributed by atoms with Crippen LogP contribution in [0.3, 0.4) is 0 Å². The molecule has 25 nitrogen and oxygen atoms in total. The molecule has 0 bridgehead atoms. The third-order valence-electron chi connectivity index (χ3n) is 10.6. The fourth-order valence-electron chi connectivity index (χ4n) is 6.57. The van der Waals surface area contributed by atoms with Crippen LogP contribution in [0.2, 0.25) is 0 Å². The van der Waals surface area contributed by atoms with E-state index in [0.29, 0.717) is 18.4 Å². The largest absolute Gasteiger partial charge is 0.480 e. The van der Waals surface area contributed by atoms with E-state index in [0.717, 1.165) is 10.9 Å². The Morgan fingerprint density at radius 3 is 1.70 bits per heavy atom. The number of hydrogen-bond donors (Lipinski definition) is 17. The van der Waals surface area contributed by atoms with Crippen LogP contribution in [0, 0.1) is 5.92 Å². The van der Waals surface area contributed by atoms with Gasteiger partial charge in [-0.2, -0.15) is 25.3 Å². The molecule has 9 amide bonds. The minimum absolute atomic E-state index is 0.000135. The number of fused-ring (bicyclic) bond motifs is 1. The number of nitrogens with two attached hydrogens (primary N) is 2. The average molecular weight is 1030 g/mol. The number of aliphatic carboxylic acids is 1. The number of aliphatic hydroxyl groups is 2. The lowest BCUT2D eigenvalue weighted by atomic mass is 10.00. The summed E-state index contributed by atoms with van der Waals surface area (Å²) in [5.74, 6) is -9.66. The number of unbranched alkanes of at least 4 members (excludes halogenated alkanes) is 1. The summed E-state index contributed by atoms with van der Waals surface area (Å²) >= 11 is 7.94. The van der Waals surface area contributed by atoms with Crippen LogP contribution in [0.1, 0.15) is 58.9 Å². The number of carboxylic acids is 1. The van der Waals surface area contributed by atoms with Crippen LogP contribution in [-0.4, -0.2) is 172 Å². The Balaban J connectivity index is 2.13. The Hall–Kier alpha value is -6.00. The molecule has 0 spiro atoms. The Morgan fingerprint density at radius 2 is 1.13 bits per heavy atom.